The number of aromatic amines is 2. The first kappa shape index (κ1) is 73.1. The number of H-pyrrole nitrogens is 2. The van der Waals surface area contributed by atoms with Gasteiger partial charge in [-0.25, -0.2) is 8.78 Å². The van der Waals surface area contributed by atoms with E-state index in [-0.39, 0.29) is 80.7 Å². The molecule has 6 aromatic rings. The summed E-state index contributed by atoms with van der Waals surface area (Å²) >= 11 is 2.74. The number of amides is 10. The molecule has 17 N–H and O–H groups in total. The average Bonchev–Trinajstić information content (AvgIpc) is 1.61. The van der Waals surface area contributed by atoms with Crippen LogP contribution >= 0.6 is 23.5 Å². The third-order valence-corrected chi connectivity index (χ3v) is 20.4. The van der Waals surface area contributed by atoms with Crippen LogP contribution in [0.1, 0.15) is 79.7 Å². The van der Waals surface area contributed by atoms with Gasteiger partial charge in [-0.3, -0.25) is 52.7 Å². The second-order valence-electron chi connectivity index (χ2n) is 25.8. The number of hydrogen-bond acceptors (Lipinski definition) is 17. The number of aliphatic carboxylic acids is 1. The quantitative estimate of drug-likeness (QED) is 0.0794. The van der Waals surface area contributed by atoms with Crippen molar-refractivity contribution in [2.75, 3.05) is 37.8 Å². The number of aromatic nitrogens is 2. The summed E-state index contributed by atoms with van der Waals surface area (Å²) in [7, 11) is 0. The zero-order valence-corrected chi connectivity index (χ0v) is 56.1. The highest BCUT2D eigenvalue weighted by molar-refractivity contribution is 7.98. The number of halogens is 2. The normalized spacial score (nSPS) is 25.4. The second-order valence-corrected chi connectivity index (χ2v) is 27.9. The van der Waals surface area contributed by atoms with Crippen LogP contribution in [0.3, 0.4) is 0 Å². The lowest BCUT2D eigenvalue weighted by Gasteiger charge is -2.37. The number of nitrogens with zero attached hydrogens (tertiary/aromatic N) is 1. The molecule has 100 heavy (non-hydrogen) atoms. The van der Waals surface area contributed by atoms with Crippen molar-refractivity contribution in [3.63, 3.8) is 0 Å². The highest BCUT2D eigenvalue weighted by atomic mass is 32.2. The van der Waals surface area contributed by atoms with Gasteiger partial charge in [-0.05, 0) is 115 Å². The summed E-state index contributed by atoms with van der Waals surface area (Å²) < 4.78 is 29.8. The minimum Gasteiger partial charge on any atom is -0.508 e. The lowest BCUT2D eigenvalue weighted by Crippen LogP contribution is -2.63. The highest BCUT2D eigenvalue weighted by Crippen LogP contribution is 2.39. The number of primary amides is 1. The maximum Gasteiger partial charge on any atom is 0.305 e. The van der Waals surface area contributed by atoms with Gasteiger partial charge in [0.25, 0.3) is 0 Å². The van der Waals surface area contributed by atoms with E-state index >= 15 is 19.2 Å². The van der Waals surface area contributed by atoms with Crippen LogP contribution in [0.4, 0.5) is 8.78 Å². The fraction of sp³-hybridized carbons (Fsp3) is 0.426. The number of benzene rings is 4. The Morgan fingerprint density at radius 2 is 1.25 bits per heavy atom. The molecule has 1 aliphatic carbocycles. The summed E-state index contributed by atoms with van der Waals surface area (Å²) in [6.45, 7) is 1.30. The first-order chi connectivity index (χ1) is 47.8. The van der Waals surface area contributed by atoms with Crippen molar-refractivity contribution in [2.45, 2.75) is 142 Å². The van der Waals surface area contributed by atoms with Crippen LogP contribution < -0.4 is 58.9 Å². The van der Waals surface area contributed by atoms with Crippen molar-refractivity contribution in [1.82, 2.24) is 68.0 Å². The summed E-state index contributed by atoms with van der Waals surface area (Å²) in [6.07, 6.45) is 1.17. The molecule has 10 rings (SSSR count). The Labute approximate surface area is 580 Å². The third kappa shape index (κ3) is 18.8. The van der Waals surface area contributed by atoms with Crippen LogP contribution in [0, 0.1) is 11.6 Å². The Balaban J connectivity index is 0.979. The number of carbonyl (C=O) groups excluding carboxylic acids is 10. The molecule has 0 radical (unpaired) electrons. The molecule has 2 bridgehead atoms. The van der Waals surface area contributed by atoms with E-state index in [9.17, 15) is 57.7 Å². The molecule has 4 aliphatic rings. The van der Waals surface area contributed by atoms with E-state index < -0.39 is 162 Å². The van der Waals surface area contributed by atoms with Crippen LogP contribution in [-0.4, -0.2) is 193 Å². The topological polar surface area (TPSA) is 430 Å². The van der Waals surface area contributed by atoms with Crippen molar-refractivity contribution < 1.29 is 76.8 Å². The summed E-state index contributed by atoms with van der Waals surface area (Å²) in [5.41, 5.74) is 6.25. The van der Waals surface area contributed by atoms with Crippen molar-refractivity contribution in [3.05, 3.63) is 137 Å². The fourth-order valence-corrected chi connectivity index (χ4v) is 14.5. The second kappa shape index (κ2) is 32.6. The average molecular weight is 1420 g/mol. The van der Waals surface area contributed by atoms with Crippen LogP contribution in [0.15, 0.2) is 97.3 Å². The Kier molecular flexibility index (Phi) is 23.8. The van der Waals surface area contributed by atoms with Gasteiger partial charge in [0.05, 0.1) is 18.6 Å². The molecule has 2 saturated heterocycles. The number of nitrogens with one attached hydrogen (secondary N) is 12. The lowest BCUT2D eigenvalue weighted by atomic mass is 9.95. The molecule has 532 valence electrons. The molecule has 3 aliphatic heterocycles. The molecular formula is C68H80F2N14O14S2. The molecule has 3 fully saturated rings. The fourth-order valence-electron chi connectivity index (χ4n) is 12.6. The van der Waals surface area contributed by atoms with Gasteiger partial charge in [-0.2, -0.15) is 23.5 Å². The van der Waals surface area contributed by atoms with Gasteiger partial charge in [-0.1, -0.05) is 36.4 Å². The minimum atomic E-state index is -2.02. The van der Waals surface area contributed by atoms with Crippen molar-refractivity contribution in [2.24, 2.45) is 5.73 Å². The van der Waals surface area contributed by atoms with Crippen molar-refractivity contribution in [3.8, 4) is 5.75 Å². The molecule has 5 heterocycles. The number of phenolic OH excluding ortho intramolecular Hbond substituents is 1. The van der Waals surface area contributed by atoms with E-state index in [1.165, 1.54) is 102 Å². The molecule has 4 aromatic carbocycles. The van der Waals surface area contributed by atoms with E-state index in [1.54, 1.807) is 0 Å². The maximum atomic E-state index is 15.2. The number of carboxylic acids is 1. The van der Waals surface area contributed by atoms with E-state index in [2.05, 4.69) is 63.1 Å². The molecule has 9 atom stereocenters. The minimum absolute atomic E-state index is 0.0272. The maximum absolute atomic E-state index is 15.2. The highest BCUT2D eigenvalue weighted by Gasteiger charge is 2.52. The number of carbonyl (C=O) groups is 11. The zero-order valence-electron chi connectivity index (χ0n) is 54.5. The molecule has 1 unspecified atom stereocenters. The number of thioether (sulfide) groups is 2. The predicted octanol–water partition coefficient (Wildman–Crippen LogP) is 0.516. The third-order valence-electron chi connectivity index (χ3n) is 18.3. The van der Waals surface area contributed by atoms with Crippen LogP contribution in [0.5, 0.6) is 5.75 Å². The summed E-state index contributed by atoms with van der Waals surface area (Å²) in [5.74, 6) is -11.0. The Morgan fingerprint density at radius 1 is 0.660 bits per heavy atom. The lowest BCUT2D eigenvalue weighted by molar-refractivity contribution is -0.147. The molecule has 28 nitrogen and oxygen atoms in total. The van der Waals surface area contributed by atoms with E-state index in [1.807, 2.05) is 24.3 Å². The number of aromatic hydroxyl groups is 1. The van der Waals surface area contributed by atoms with E-state index in [0.717, 1.165) is 17.2 Å². The van der Waals surface area contributed by atoms with Crippen LogP contribution in [-0.2, 0) is 83.5 Å². The predicted molar refractivity (Wildman–Crippen MR) is 365 cm³/mol. The number of nitrogens with two attached hydrogens (primary N) is 1. The van der Waals surface area contributed by atoms with Gasteiger partial charge in [0.1, 0.15) is 65.2 Å². The smallest absolute Gasteiger partial charge is 0.305 e. The van der Waals surface area contributed by atoms with E-state index in [4.69, 9.17) is 5.73 Å². The molecule has 2 aromatic heterocycles. The SMILES string of the molecule is C[C@@]12CCCN1C(=O)[C@H](Cc1ccc(O)cc1)NC(=O)[C@H](CC1CNCN1)NC(=O)[C@H](CC(=O)O)NC(=O)[C@H](Cc1c[nH]c3ccc(F)cc13)NC(=O)[C@H](Cc1c[nH]c3ccc(F)cc13)NC(=O)CNC(=O)[C@H](C1(O)CC1)NC(=O)CCSCc1cccc(c1)CSC[C@@H](C(N)=O)NC2=O. The molecule has 10 amide bonds. The first-order valence-electron chi connectivity index (χ1n) is 32.7. The molecule has 1 saturated carbocycles. The molecule has 0 spiro atoms. The van der Waals surface area contributed by atoms with Gasteiger partial charge < -0.3 is 89.1 Å². The van der Waals surface area contributed by atoms with E-state index in [0.29, 0.717) is 51.2 Å². The zero-order chi connectivity index (χ0) is 71.4. The first-order valence-corrected chi connectivity index (χ1v) is 35.0. The number of rotatable bonds is 12. The van der Waals surface area contributed by atoms with Gasteiger partial charge in [-0.15, -0.1) is 0 Å². The van der Waals surface area contributed by atoms with Crippen molar-refractivity contribution in [1.29, 1.82) is 0 Å². The summed E-state index contributed by atoms with van der Waals surface area (Å²) in [5, 5.41) is 59.4. The molecular weight excluding hydrogens is 1340 g/mol. The standard InChI is InChI=1S/C68H80F2N14O14S2/c1-67-15-3-18-84(67)65(96)53(21-36-6-10-44(85)11-7-36)81-62(93)51(26-43-30-72-35-76-43)79-63(94)52(27-57(88)89)80-61(92)50(23-40-29-74-48-13-9-42(70)25-46(40)48)78-60(91)49(22-39-28-73-47-12-8-41(69)24-45(39)47)77-56(87)31-75-64(95)58(68(98)16-17-68)83-55(86)14-19-99-32-37-4-2-5-38(20-37)33-100-34-54(59(71)90)82-66(67)97/h2,4-13,20,24-25,28-29,43,49-54,58,72-74,76,85,98H,3,14-19,21-23,26-27,30-35H2,1H3,(H2,71,90)(H,75,95)(H,77,87)(H,78,91)(H,79,94)(H,80,92)(H,81,93)(H,82,97)(H,83,86)(H,88,89)/t43?,49-,50-,51-,52-,53-,54-,58+,67-/m0/s1. The van der Waals surface area contributed by atoms with Gasteiger partial charge in [0.15, 0.2) is 0 Å². The number of aliphatic hydroxyl groups is 1. The van der Waals surface area contributed by atoms with Gasteiger partial charge in [0, 0.05) is 109 Å². The summed E-state index contributed by atoms with van der Waals surface area (Å²) in [4.78, 5) is 164. The van der Waals surface area contributed by atoms with Gasteiger partial charge >= 0.3 is 5.97 Å². The molecule has 32 heteroatoms. The largest absolute Gasteiger partial charge is 0.508 e. The number of hydrogen-bond donors (Lipinski definition) is 16. The number of fused-ring (bicyclic) bond motifs is 5. The Morgan fingerprint density at radius 3 is 1.86 bits per heavy atom. The number of carboxylic acid groups (broad SMARTS) is 1. The van der Waals surface area contributed by atoms with Gasteiger partial charge in [0.2, 0.25) is 59.1 Å². The van der Waals surface area contributed by atoms with Crippen LogP contribution in [0.25, 0.3) is 21.8 Å². The van der Waals surface area contributed by atoms with Crippen LogP contribution in [0.2, 0.25) is 0 Å². The Hall–Kier alpha value is -9.63. The Bertz CT molecular complexity index is 4070. The summed E-state index contributed by atoms with van der Waals surface area (Å²) in [6, 6.07) is 9.16. The monoisotopic (exact) mass is 1420 g/mol. The van der Waals surface area contributed by atoms with Crippen molar-refractivity contribution >= 4 is 110 Å². The number of phenols is 1.